The van der Waals surface area contributed by atoms with Crippen LogP contribution in [0.25, 0.3) is 0 Å². The first-order valence-electron chi connectivity index (χ1n) is 5.53. The fourth-order valence-electron chi connectivity index (χ4n) is 2.08. The Hall–Kier alpha value is -1.40. The van der Waals surface area contributed by atoms with E-state index in [1.54, 1.807) is 36.2 Å². The summed E-state index contributed by atoms with van der Waals surface area (Å²) in [5.74, 6) is 0. The topological polar surface area (TPSA) is 47.6 Å². The second-order valence-electron chi connectivity index (χ2n) is 4.22. The van der Waals surface area contributed by atoms with Crippen molar-refractivity contribution in [2.24, 2.45) is 7.05 Å². The Morgan fingerprint density at radius 2 is 1.88 bits per heavy atom. The average molecular weight is 240 g/mol. The maximum atomic E-state index is 12.1. The van der Waals surface area contributed by atoms with Crippen LogP contribution in [0.2, 0.25) is 0 Å². The van der Waals surface area contributed by atoms with E-state index in [1.165, 1.54) is 0 Å². The van der Waals surface area contributed by atoms with Crippen LogP contribution in [0.3, 0.4) is 0 Å². The smallest absolute Gasteiger partial charge is 0.377 e. The van der Waals surface area contributed by atoms with E-state index in [1.807, 2.05) is 17.8 Å². The van der Waals surface area contributed by atoms with Crippen molar-refractivity contribution < 1.29 is 18.8 Å². The summed E-state index contributed by atoms with van der Waals surface area (Å²) in [4.78, 5) is 13.9. The molecule has 1 aliphatic rings. The SMILES string of the molecule is COC1CN(C(=O)n2cc[n+](C)c2)CC1OC. The molecule has 0 aromatic carbocycles. The number of ether oxygens (including phenoxy) is 2. The van der Waals surface area contributed by atoms with Gasteiger partial charge in [0.1, 0.15) is 24.6 Å². The molecule has 0 radical (unpaired) electrons. The molecule has 0 bridgehead atoms. The number of likely N-dealkylation sites (tertiary alicyclic amines) is 1. The molecule has 1 aromatic heterocycles. The minimum Gasteiger partial charge on any atom is -0.377 e. The quantitative estimate of drug-likeness (QED) is 0.662. The molecule has 1 aliphatic heterocycles. The van der Waals surface area contributed by atoms with Crippen molar-refractivity contribution in [1.29, 1.82) is 0 Å². The van der Waals surface area contributed by atoms with Gasteiger partial charge in [-0.2, -0.15) is 4.57 Å². The Morgan fingerprint density at radius 3 is 2.29 bits per heavy atom. The Balaban J connectivity index is 2.07. The van der Waals surface area contributed by atoms with Crippen molar-refractivity contribution in [2.75, 3.05) is 27.3 Å². The van der Waals surface area contributed by atoms with Gasteiger partial charge in [-0.05, 0) is 0 Å². The zero-order valence-corrected chi connectivity index (χ0v) is 10.4. The number of carbonyl (C=O) groups is 1. The molecule has 1 saturated heterocycles. The fourth-order valence-corrected chi connectivity index (χ4v) is 2.08. The van der Waals surface area contributed by atoms with Gasteiger partial charge in [0.05, 0.1) is 20.1 Å². The van der Waals surface area contributed by atoms with Crippen LogP contribution in [-0.2, 0) is 16.5 Å². The number of rotatable bonds is 2. The first kappa shape index (κ1) is 12.1. The lowest BCUT2D eigenvalue weighted by Gasteiger charge is -2.13. The predicted molar refractivity (Wildman–Crippen MR) is 59.6 cm³/mol. The van der Waals surface area contributed by atoms with Crippen LogP contribution < -0.4 is 4.57 Å². The lowest BCUT2D eigenvalue weighted by Crippen LogP contribution is -2.34. The number of hydrogen-bond acceptors (Lipinski definition) is 3. The fraction of sp³-hybridized carbons (Fsp3) is 0.636. The molecule has 0 spiro atoms. The highest BCUT2D eigenvalue weighted by Gasteiger charge is 2.37. The van der Waals surface area contributed by atoms with Gasteiger partial charge in [0, 0.05) is 14.2 Å². The monoisotopic (exact) mass is 240 g/mol. The van der Waals surface area contributed by atoms with E-state index in [-0.39, 0.29) is 18.2 Å². The van der Waals surface area contributed by atoms with Gasteiger partial charge in [-0.25, -0.2) is 9.36 Å². The normalized spacial score (nSPS) is 24.3. The van der Waals surface area contributed by atoms with Crippen LogP contribution in [0.5, 0.6) is 0 Å². The first-order chi connectivity index (χ1) is 8.15. The molecule has 2 atom stereocenters. The van der Waals surface area contributed by atoms with Gasteiger partial charge in [0.2, 0.25) is 0 Å². The molecule has 1 aromatic rings. The summed E-state index contributed by atoms with van der Waals surface area (Å²) in [5.41, 5.74) is 0. The highest BCUT2D eigenvalue weighted by atomic mass is 16.5. The van der Waals surface area contributed by atoms with Crippen LogP contribution in [0.15, 0.2) is 18.7 Å². The van der Waals surface area contributed by atoms with Crippen LogP contribution in [0.4, 0.5) is 4.79 Å². The Morgan fingerprint density at radius 1 is 1.29 bits per heavy atom. The average Bonchev–Trinajstić information content (AvgIpc) is 2.93. The van der Waals surface area contributed by atoms with Gasteiger partial charge in [0.15, 0.2) is 0 Å². The van der Waals surface area contributed by atoms with Gasteiger partial charge < -0.3 is 9.47 Å². The standard InChI is InChI=1S/C11H18N3O3/c1-12-4-5-13(8-12)11(15)14-6-9(16-2)10(7-14)17-3/h4-5,8-10H,6-7H2,1-3H3/q+1. The van der Waals surface area contributed by atoms with Gasteiger partial charge in [-0.15, -0.1) is 0 Å². The van der Waals surface area contributed by atoms with E-state index >= 15 is 0 Å². The van der Waals surface area contributed by atoms with Gasteiger partial charge >= 0.3 is 6.03 Å². The van der Waals surface area contributed by atoms with Crippen LogP contribution in [0, 0.1) is 0 Å². The van der Waals surface area contributed by atoms with Crippen molar-refractivity contribution in [2.45, 2.75) is 12.2 Å². The van der Waals surface area contributed by atoms with Crippen molar-refractivity contribution in [1.82, 2.24) is 9.47 Å². The molecule has 1 amide bonds. The number of imidazole rings is 1. The summed E-state index contributed by atoms with van der Waals surface area (Å²) in [6.07, 6.45) is 5.21. The second-order valence-corrected chi connectivity index (χ2v) is 4.22. The Labute approximate surface area is 100 Å². The summed E-state index contributed by atoms with van der Waals surface area (Å²) in [6, 6.07) is -0.0489. The van der Waals surface area contributed by atoms with Gasteiger partial charge in [-0.3, -0.25) is 4.90 Å². The lowest BCUT2D eigenvalue weighted by atomic mass is 10.3. The van der Waals surface area contributed by atoms with Gasteiger partial charge in [-0.1, -0.05) is 0 Å². The molecular formula is C11H18N3O3+. The van der Waals surface area contributed by atoms with Crippen molar-refractivity contribution in [3.05, 3.63) is 18.7 Å². The zero-order valence-electron chi connectivity index (χ0n) is 10.4. The van der Waals surface area contributed by atoms with E-state index in [2.05, 4.69) is 0 Å². The van der Waals surface area contributed by atoms with E-state index in [0.29, 0.717) is 13.1 Å². The molecule has 0 aliphatic carbocycles. The van der Waals surface area contributed by atoms with Crippen LogP contribution >= 0.6 is 0 Å². The minimum absolute atomic E-state index is 0.0479. The van der Waals surface area contributed by atoms with Crippen LogP contribution in [0.1, 0.15) is 0 Å². The highest BCUT2D eigenvalue weighted by Crippen LogP contribution is 2.16. The summed E-state index contributed by atoms with van der Waals surface area (Å²) < 4.78 is 14.0. The number of amides is 1. The third kappa shape index (κ3) is 2.32. The summed E-state index contributed by atoms with van der Waals surface area (Å²) in [6.45, 7) is 1.13. The molecule has 0 N–H and O–H groups in total. The molecule has 2 heterocycles. The maximum Gasteiger partial charge on any atom is 0.415 e. The Kier molecular flexibility index (Phi) is 3.44. The summed E-state index contributed by atoms with van der Waals surface area (Å²) in [5, 5.41) is 0. The molecule has 0 saturated carbocycles. The van der Waals surface area contributed by atoms with Crippen molar-refractivity contribution in [3.63, 3.8) is 0 Å². The molecule has 94 valence electrons. The molecule has 17 heavy (non-hydrogen) atoms. The second kappa shape index (κ2) is 4.85. The number of carbonyl (C=O) groups excluding carboxylic acids is 1. The van der Waals surface area contributed by atoms with E-state index < -0.39 is 0 Å². The Bertz CT molecular complexity index is 392. The highest BCUT2D eigenvalue weighted by molar-refractivity contribution is 5.76. The predicted octanol–water partition coefficient (Wildman–Crippen LogP) is -0.374. The van der Waals surface area contributed by atoms with E-state index in [0.717, 1.165) is 0 Å². The molecule has 6 nitrogen and oxygen atoms in total. The number of aromatic nitrogens is 2. The third-order valence-corrected chi connectivity index (χ3v) is 3.08. The number of nitrogens with zero attached hydrogens (tertiary/aromatic N) is 3. The largest absolute Gasteiger partial charge is 0.415 e. The van der Waals surface area contributed by atoms with Crippen molar-refractivity contribution in [3.8, 4) is 0 Å². The molecular weight excluding hydrogens is 222 g/mol. The van der Waals surface area contributed by atoms with E-state index in [9.17, 15) is 4.79 Å². The van der Waals surface area contributed by atoms with E-state index in [4.69, 9.17) is 9.47 Å². The van der Waals surface area contributed by atoms with Crippen molar-refractivity contribution >= 4 is 6.03 Å². The molecule has 6 heteroatoms. The third-order valence-electron chi connectivity index (χ3n) is 3.08. The van der Waals surface area contributed by atoms with Gasteiger partial charge in [0.25, 0.3) is 6.33 Å². The molecule has 2 rings (SSSR count). The first-order valence-corrected chi connectivity index (χ1v) is 5.53. The zero-order chi connectivity index (χ0) is 12.4. The number of hydrogen-bond donors (Lipinski definition) is 0. The van der Waals surface area contributed by atoms with Crippen LogP contribution in [-0.4, -0.2) is 55.0 Å². The molecule has 1 fully saturated rings. The lowest BCUT2D eigenvalue weighted by molar-refractivity contribution is -0.670. The number of methoxy groups -OCH3 is 2. The number of aryl methyl sites for hydroxylation is 1. The minimum atomic E-state index is -0.0489. The summed E-state index contributed by atoms with van der Waals surface area (Å²) >= 11 is 0. The molecule has 2 unspecified atom stereocenters. The maximum absolute atomic E-state index is 12.1. The summed E-state index contributed by atoms with van der Waals surface area (Å²) in [7, 11) is 5.16.